The fourth-order valence-electron chi connectivity index (χ4n) is 7.94. The largest absolute Gasteiger partial charge is 0.429 e. The van der Waals surface area contributed by atoms with Gasteiger partial charge < -0.3 is 28.4 Å². The Morgan fingerprint density at radius 1 is 0.516 bits per heavy atom. The molecular weight excluding hydrogens is 986 g/mol. The second kappa shape index (κ2) is 17.3. The molecule has 0 aliphatic rings. The van der Waals surface area contributed by atoms with Gasteiger partial charge in [-0.3, -0.25) is 10.1 Å². The minimum atomic E-state index is -4.57. The van der Waals surface area contributed by atoms with Gasteiger partial charge in [0.05, 0.1) is 41.9 Å². The number of para-hydroxylation sites is 4. The standard InChI is InChI=1S/2C22H15N2.C8H4F3N4.Ir/c2*1-23-15-24(21-13-7-6-12-20(21)23)22-14-16-8-2-3-9-17(16)18-10-4-5-11-19(18)22;9-8(10,11)7-13-6(14-15-7)5-3-1-2-4-12-5;/h2*2-13H,1H3;1-4H;/q3*-1;. The van der Waals surface area contributed by atoms with E-state index in [0.717, 1.165) is 44.2 Å². The predicted octanol–water partition coefficient (Wildman–Crippen LogP) is 10.2. The second-order valence-corrected chi connectivity index (χ2v) is 14.8. The number of benzene rings is 8. The Labute approximate surface area is 378 Å². The Kier molecular flexibility index (Phi) is 11.3. The number of rotatable bonds is 3. The van der Waals surface area contributed by atoms with Gasteiger partial charge in [-0.2, -0.15) is 13.2 Å². The smallest absolute Gasteiger partial charge is 0.413 e. The van der Waals surface area contributed by atoms with Gasteiger partial charge in [0.15, 0.2) is 0 Å². The Morgan fingerprint density at radius 2 is 0.938 bits per heavy atom. The van der Waals surface area contributed by atoms with E-state index in [-0.39, 0.29) is 31.6 Å². The molecule has 0 fully saturated rings. The SMILES string of the molecule is C[n+]1[c-]n(-c2[c-]c3ccccc3c3ccccc23)c2ccccc21.C[n+]1[c-]n(-c2[c-]c3ccccc3c3ccccc23)c2ccccc21.FC(F)(F)c1n[n-]c(-c2ccccn2)n1.[Ir]. The van der Waals surface area contributed by atoms with Crippen molar-refractivity contribution in [2.45, 2.75) is 6.18 Å². The van der Waals surface area contributed by atoms with E-state index in [2.05, 4.69) is 200 Å². The summed E-state index contributed by atoms with van der Waals surface area (Å²) in [6.45, 7) is 0. The second-order valence-electron chi connectivity index (χ2n) is 14.8. The van der Waals surface area contributed by atoms with Crippen molar-refractivity contribution in [3.8, 4) is 22.9 Å². The van der Waals surface area contributed by atoms with Crippen LogP contribution in [0.3, 0.4) is 0 Å². The van der Waals surface area contributed by atoms with Crippen molar-refractivity contribution in [3.05, 3.63) is 201 Å². The first-order valence-corrected chi connectivity index (χ1v) is 20.0. The maximum atomic E-state index is 12.1. The number of alkyl halides is 3. The van der Waals surface area contributed by atoms with Gasteiger partial charge in [-0.1, -0.05) is 137 Å². The number of hydrogen-bond acceptors (Lipinski definition) is 3. The van der Waals surface area contributed by atoms with E-state index in [1.54, 1.807) is 12.1 Å². The zero-order valence-corrected chi connectivity index (χ0v) is 36.6. The summed E-state index contributed by atoms with van der Waals surface area (Å²) in [5.41, 5.74) is 6.93. The van der Waals surface area contributed by atoms with Crippen LogP contribution < -0.4 is 14.2 Å². The Hall–Kier alpha value is -7.53. The predicted molar refractivity (Wildman–Crippen MR) is 238 cm³/mol. The maximum absolute atomic E-state index is 12.1. The Balaban J connectivity index is 0.000000124. The van der Waals surface area contributed by atoms with Crippen LogP contribution in [0.5, 0.6) is 0 Å². The first-order chi connectivity index (χ1) is 30.7. The third kappa shape index (κ3) is 7.78. The summed E-state index contributed by atoms with van der Waals surface area (Å²) in [6.07, 6.45) is 3.73. The summed E-state index contributed by atoms with van der Waals surface area (Å²) in [5, 5.41) is 15.8. The maximum Gasteiger partial charge on any atom is 0.429 e. The molecule has 12 rings (SSSR count). The van der Waals surface area contributed by atoms with Gasteiger partial charge >= 0.3 is 6.18 Å². The fourth-order valence-corrected chi connectivity index (χ4v) is 7.94. The Morgan fingerprint density at radius 3 is 1.39 bits per heavy atom. The summed E-state index contributed by atoms with van der Waals surface area (Å²) in [4.78, 5) is 7.05. The summed E-state index contributed by atoms with van der Waals surface area (Å²) >= 11 is 0. The van der Waals surface area contributed by atoms with Gasteiger partial charge in [0, 0.05) is 26.3 Å². The molecule has 12 heteroatoms. The van der Waals surface area contributed by atoms with Crippen molar-refractivity contribution < 1.29 is 42.4 Å². The van der Waals surface area contributed by atoms with Crippen LogP contribution in [0.2, 0.25) is 0 Å². The fraction of sp³-hybridized carbons (Fsp3) is 0.0577. The minimum Gasteiger partial charge on any atom is -0.413 e. The summed E-state index contributed by atoms with van der Waals surface area (Å²) < 4.78 is 44.7. The van der Waals surface area contributed by atoms with E-state index in [9.17, 15) is 13.2 Å². The van der Waals surface area contributed by atoms with Gasteiger partial charge in [0.25, 0.3) is 0 Å². The van der Waals surface area contributed by atoms with Crippen LogP contribution in [0, 0.1) is 24.8 Å². The van der Waals surface area contributed by atoms with Crippen molar-refractivity contribution >= 4 is 65.2 Å². The van der Waals surface area contributed by atoms with Gasteiger partial charge in [-0.25, -0.2) is 0 Å². The molecule has 315 valence electrons. The summed E-state index contributed by atoms with van der Waals surface area (Å²) in [7, 11) is 4.06. The average molecular weight is 1020 g/mol. The zero-order valence-electron chi connectivity index (χ0n) is 34.2. The molecule has 0 N–H and O–H groups in total. The Bertz CT molecular complexity index is 3420. The molecule has 64 heavy (non-hydrogen) atoms. The summed E-state index contributed by atoms with van der Waals surface area (Å²) in [6, 6.07) is 62.6. The molecule has 12 aromatic rings. The molecule has 1 radical (unpaired) electrons. The van der Waals surface area contributed by atoms with Crippen molar-refractivity contribution in [3.63, 3.8) is 0 Å². The molecule has 0 spiro atoms. The third-order valence-electron chi connectivity index (χ3n) is 10.8. The van der Waals surface area contributed by atoms with Gasteiger partial charge in [-0.05, 0) is 29.3 Å². The first kappa shape index (κ1) is 41.8. The van der Waals surface area contributed by atoms with Crippen molar-refractivity contribution in [1.82, 2.24) is 29.3 Å². The average Bonchev–Trinajstić information content (AvgIpc) is 4.06. The quantitative estimate of drug-likeness (QED) is 0.100. The molecule has 8 nitrogen and oxygen atoms in total. The molecular formula is C52H34F3IrN8-3. The van der Waals surface area contributed by atoms with E-state index in [1.807, 2.05) is 23.2 Å². The molecule has 0 aliphatic carbocycles. The van der Waals surface area contributed by atoms with Crippen LogP contribution in [0.1, 0.15) is 5.82 Å². The molecule has 0 unspecified atom stereocenters. The van der Waals surface area contributed by atoms with Gasteiger partial charge in [0.2, 0.25) is 12.7 Å². The molecule has 0 amide bonds. The van der Waals surface area contributed by atoms with E-state index >= 15 is 0 Å². The van der Waals surface area contributed by atoms with Crippen LogP contribution in [0.15, 0.2) is 170 Å². The van der Waals surface area contributed by atoms with Crippen molar-refractivity contribution in [1.29, 1.82) is 0 Å². The molecule has 0 atom stereocenters. The number of nitrogens with zero attached hydrogens (tertiary/aromatic N) is 8. The van der Waals surface area contributed by atoms with Crippen molar-refractivity contribution in [2.24, 2.45) is 14.1 Å². The van der Waals surface area contributed by atoms with Crippen LogP contribution in [-0.4, -0.2) is 24.2 Å². The number of pyridine rings is 1. The van der Waals surface area contributed by atoms with Crippen LogP contribution in [-0.2, 0) is 40.4 Å². The third-order valence-corrected chi connectivity index (χ3v) is 10.8. The first-order valence-electron chi connectivity index (χ1n) is 20.0. The zero-order chi connectivity index (χ0) is 43.1. The van der Waals surface area contributed by atoms with E-state index in [1.165, 1.54) is 44.6 Å². The summed E-state index contributed by atoms with van der Waals surface area (Å²) in [5.74, 6) is -1.37. The molecule has 0 aliphatic heterocycles. The molecule has 4 heterocycles. The molecule has 8 aromatic carbocycles. The number of halogens is 3. The van der Waals surface area contributed by atoms with Crippen LogP contribution in [0.25, 0.3) is 88.0 Å². The van der Waals surface area contributed by atoms with E-state index < -0.39 is 12.0 Å². The van der Waals surface area contributed by atoms with Crippen LogP contribution >= 0.6 is 0 Å². The van der Waals surface area contributed by atoms with E-state index in [4.69, 9.17) is 0 Å². The number of hydrogen-bond donors (Lipinski definition) is 0. The molecule has 0 bridgehead atoms. The van der Waals surface area contributed by atoms with Crippen LogP contribution in [0.4, 0.5) is 13.2 Å². The number of aryl methyl sites for hydroxylation is 2. The topological polar surface area (TPSA) is 70.4 Å². The monoisotopic (exact) mass is 1020 g/mol. The molecule has 0 saturated carbocycles. The van der Waals surface area contributed by atoms with Crippen molar-refractivity contribution in [2.75, 3.05) is 0 Å². The van der Waals surface area contributed by atoms with E-state index in [0.29, 0.717) is 0 Å². The number of fused-ring (bicyclic) bond motifs is 8. The molecule has 4 aromatic heterocycles. The number of aromatic nitrogens is 8. The minimum absolute atomic E-state index is 0. The normalized spacial score (nSPS) is 11.4. The number of imidazole rings is 2. The van der Waals surface area contributed by atoms with Gasteiger partial charge in [0.1, 0.15) is 5.82 Å². The van der Waals surface area contributed by atoms with Gasteiger partial charge in [-0.15, -0.1) is 70.1 Å². The molecule has 0 saturated heterocycles.